The number of amides is 1. The minimum atomic E-state index is -0.805. The second-order valence-corrected chi connectivity index (χ2v) is 5.37. The zero-order valence-corrected chi connectivity index (χ0v) is 10.7. The van der Waals surface area contributed by atoms with Gasteiger partial charge in [0.25, 0.3) is 0 Å². The van der Waals surface area contributed by atoms with E-state index in [4.69, 9.17) is 5.73 Å². The number of nitrogens with zero attached hydrogens (tertiary/aromatic N) is 1. The first kappa shape index (κ1) is 14.4. The van der Waals surface area contributed by atoms with Crippen molar-refractivity contribution in [2.24, 2.45) is 17.6 Å². The van der Waals surface area contributed by atoms with E-state index in [1.165, 1.54) is 4.90 Å². The van der Waals surface area contributed by atoms with Gasteiger partial charge in [-0.25, -0.2) is 0 Å². The summed E-state index contributed by atoms with van der Waals surface area (Å²) in [7, 11) is 0. The molecular weight excluding hydrogens is 220 g/mol. The monoisotopic (exact) mass is 244 g/mol. The van der Waals surface area contributed by atoms with Crippen LogP contribution in [0.1, 0.15) is 26.7 Å². The van der Waals surface area contributed by atoms with Crippen LogP contribution in [0.15, 0.2) is 0 Å². The topological polar surface area (TPSA) is 86.8 Å². The molecule has 100 valence electrons. The lowest BCUT2D eigenvalue weighted by Gasteiger charge is -2.21. The number of hydrogen-bond donors (Lipinski definition) is 3. The van der Waals surface area contributed by atoms with E-state index in [-0.39, 0.29) is 24.9 Å². The Morgan fingerprint density at radius 3 is 2.29 bits per heavy atom. The fourth-order valence-corrected chi connectivity index (χ4v) is 2.28. The third kappa shape index (κ3) is 4.26. The largest absolute Gasteiger partial charge is 0.388 e. The first-order chi connectivity index (χ1) is 7.93. The summed E-state index contributed by atoms with van der Waals surface area (Å²) in [6, 6.07) is 0. The summed E-state index contributed by atoms with van der Waals surface area (Å²) < 4.78 is 0. The van der Waals surface area contributed by atoms with Gasteiger partial charge < -0.3 is 20.8 Å². The molecule has 1 heterocycles. The van der Waals surface area contributed by atoms with Gasteiger partial charge in [-0.1, -0.05) is 13.8 Å². The summed E-state index contributed by atoms with van der Waals surface area (Å²) in [5.41, 5.74) is 5.65. The van der Waals surface area contributed by atoms with Gasteiger partial charge in [0.2, 0.25) is 5.91 Å². The van der Waals surface area contributed by atoms with Gasteiger partial charge in [-0.3, -0.25) is 4.79 Å². The molecule has 0 saturated carbocycles. The minimum Gasteiger partial charge on any atom is -0.388 e. The van der Waals surface area contributed by atoms with Crippen molar-refractivity contribution in [3.63, 3.8) is 0 Å². The highest BCUT2D eigenvalue weighted by molar-refractivity contribution is 5.76. The van der Waals surface area contributed by atoms with E-state index >= 15 is 0 Å². The zero-order chi connectivity index (χ0) is 13.0. The predicted octanol–water partition coefficient (Wildman–Crippen LogP) is -0.438. The molecule has 0 aromatic rings. The fourth-order valence-electron chi connectivity index (χ4n) is 2.28. The number of likely N-dealkylation sites (tertiary alicyclic amines) is 1. The molecule has 0 radical (unpaired) electrons. The summed E-state index contributed by atoms with van der Waals surface area (Å²) in [4.78, 5) is 13.5. The van der Waals surface area contributed by atoms with Crippen LogP contribution in [0.25, 0.3) is 0 Å². The van der Waals surface area contributed by atoms with Gasteiger partial charge in [0.05, 0.1) is 12.2 Å². The number of carbonyl (C=O) groups is 1. The number of aliphatic hydroxyl groups excluding tert-OH is 2. The van der Waals surface area contributed by atoms with E-state index in [0.717, 1.165) is 6.42 Å². The molecule has 3 atom stereocenters. The molecule has 0 aromatic carbocycles. The van der Waals surface area contributed by atoms with Crippen LogP contribution in [0.4, 0.5) is 0 Å². The minimum absolute atomic E-state index is 0.0169. The summed E-state index contributed by atoms with van der Waals surface area (Å²) in [6.07, 6.45) is -0.268. The van der Waals surface area contributed by atoms with Crippen LogP contribution in [0, 0.1) is 11.8 Å². The summed E-state index contributed by atoms with van der Waals surface area (Å²) in [5.74, 6) is 0.695. The van der Waals surface area contributed by atoms with Crippen molar-refractivity contribution in [3.8, 4) is 0 Å². The maximum atomic E-state index is 11.9. The molecule has 0 aliphatic carbocycles. The van der Waals surface area contributed by atoms with Crippen molar-refractivity contribution in [2.45, 2.75) is 38.9 Å². The van der Waals surface area contributed by atoms with Gasteiger partial charge in [-0.15, -0.1) is 0 Å². The molecule has 1 aliphatic rings. The smallest absolute Gasteiger partial charge is 0.223 e. The van der Waals surface area contributed by atoms with Crippen molar-refractivity contribution in [1.82, 2.24) is 4.90 Å². The molecule has 17 heavy (non-hydrogen) atoms. The van der Waals surface area contributed by atoms with E-state index in [9.17, 15) is 15.0 Å². The molecule has 0 aromatic heterocycles. The molecule has 5 heteroatoms. The number of rotatable bonds is 5. The van der Waals surface area contributed by atoms with Crippen molar-refractivity contribution in [3.05, 3.63) is 0 Å². The van der Waals surface area contributed by atoms with Gasteiger partial charge in [0.1, 0.15) is 0 Å². The van der Waals surface area contributed by atoms with Gasteiger partial charge >= 0.3 is 0 Å². The van der Waals surface area contributed by atoms with Crippen LogP contribution in [0.3, 0.4) is 0 Å². The zero-order valence-electron chi connectivity index (χ0n) is 10.7. The van der Waals surface area contributed by atoms with Crippen LogP contribution < -0.4 is 5.73 Å². The molecule has 1 rings (SSSR count). The van der Waals surface area contributed by atoms with Crippen molar-refractivity contribution in [1.29, 1.82) is 0 Å². The molecule has 5 nitrogen and oxygen atoms in total. The van der Waals surface area contributed by atoms with Crippen LogP contribution in [0.2, 0.25) is 0 Å². The lowest BCUT2D eigenvalue weighted by atomic mass is 9.94. The normalized spacial score (nSPS) is 26.6. The fraction of sp³-hybridized carbons (Fsp3) is 0.917. The number of carbonyl (C=O) groups excluding carboxylic acids is 1. The van der Waals surface area contributed by atoms with Crippen LogP contribution in [-0.4, -0.2) is 52.9 Å². The molecule has 4 N–H and O–H groups in total. The molecular formula is C12H24N2O3. The highest BCUT2D eigenvalue weighted by Gasteiger charge is 2.32. The molecule has 0 bridgehead atoms. The molecule has 1 saturated heterocycles. The first-order valence-corrected chi connectivity index (χ1v) is 6.28. The third-order valence-corrected chi connectivity index (χ3v) is 3.21. The molecule has 1 amide bonds. The lowest BCUT2D eigenvalue weighted by Crippen LogP contribution is -2.33. The Hall–Kier alpha value is -0.650. The quantitative estimate of drug-likeness (QED) is 0.612. The van der Waals surface area contributed by atoms with Crippen molar-refractivity contribution < 1.29 is 15.0 Å². The predicted molar refractivity (Wildman–Crippen MR) is 65.2 cm³/mol. The van der Waals surface area contributed by atoms with E-state index in [1.54, 1.807) is 0 Å². The highest BCUT2D eigenvalue weighted by Crippen LogP contribution is 2.18. The maximum Gasteiger partial charge on any atom is 0.223 e. The Bertz CT molecular complexity index is 248. The molecule has 1 aliphatic heterocycles. The van der Waals surface area contributed by atoms with Gasteiger partial charge in [0, 0.05) is 19.5 Å². The second kappa shape index (κ2) is 6.33. The van der Waals surface area contributed by atoms with Crippen molar-refractivity contribution >= 4 is 5.91 Å². The Labute approximate surface area is 103 Å². The van der Waals surface area contributed by atoms with Crippen LogP contribution in [0.5, 0.6) is 0 Å². The molecule has 0 spiro atoms. The van der Waals surface area contributed by atoms with E-state index in [1.807, 2.05) is 0 Å². The lowest BCUT2D eigenvalue weighted by molar-refractivity contribution is -0.131. The number of β-amino-alcohol motifs (C(OH)–C–C–N with tert-alkyl or cyclic N) is 2. The molecule has 1 fully saturated rings. The Kier molecular flexibility index (Phi) is 5.36. The maximum absolute atomic E-state index is 11.9. The average molecular weight is 244 g/mol. The number of hydrogen-bond acceptors (Lipinski definition) is 4. The Balaban J connectivity index is 2.42. The van der Waals surface area contributed by atoms with E-state index in [2.05, 4.69) is 13.8 Å². The van der Waals surface area contributed by atoms with Gasteiger partial charge in [0.15, 0.2) is 0 Å². The number of aliphatic hydroxyl groups is 2. The van der Waals surface area contributed by atoms with Gasteiger partial charge in [-0.2, -0.15) is 0 Å². The summed E-state index contributed by atoms with van der Waals surface area (Å²) in [6.45, 7) is 5.19. The van der Waals surface area contributed by atoms with Crippen molar-refractivity contribution in [2.75, 3.05) is 19.6 Å². The van der Waals surface area contributed by atoms with Gasteiger partial charge in [-0.05, 0) is 24.8 Å². The van der Waals surface area contributed by atoms with E-state index < -0.39 is 12.2 Å². The van der Waals surface area contributed by atoms with Crippen LogP contribution in [-0.2, 0) is 4.79 Å². The molecule has 3 unspecified atom stereocenters. The van der Waals surface area contributed by atoms with E-state index in [0.29, 0.717) is 18.9 Å². The summed E-state index contributed by atoms with van der Waals surface area (Å²) in [5, 5.41) is 18.8. The second-order valence-electron chi connectivity index (χ2n) is 5.37. The Morgan fingerprint density at radius 2 is 1.88 bits per heavy atom. The Morgan fingerprint density at radius 1 is 1.35 bits per heavy atom. The third-order valence-electron chi connectivity index (χ3n) is 3.21. The first-order valence-electron chi connectivity index (χ1n) is 6.28. The summed E-state index contributed by atoms with van der Waals surface area (Å²) >= 11 is 0. The number of nitrogens with two attached hydrogens (primary N) is 1. The average Bonchev–Trinajstić information content (AvgIpc) is 2.57. The standard InChI is InChI=1S/C12H24N2O3/c1-8(2)3-9(5-13)4-12(17)14-6-10(15)11(16)7-14/h8-11,15-16H,3-7,13H2,1-2H3. The highest BCUT2D eigenvalue weighted by atomic mass is 16.3. The SMILES string of the molecule is CC(C)CC(CN)CC(=O)N1CC(O)C(O)C1. The van der Waals surface area contributed by atoms with Crippen LogP contribution >= 0.6 is 0 Å².